The van der Waals surface area contributed by atoms with Gasteiger partial charge in [-0.3, -0.25) is 4.79 Å². The average Bonchev–Trinajstić information content (AvgIpc) is 2.95. The van der Waals surface area contributed by atoms with Crippen molar-refractivity contribution >= 4 is 34.0 Å². The summed E-state index contributed by atoms with van der Waals surface area (Å²) in [6, 6.07) is 13.7. The topological polar surface area (TPSA) is 42.0 Å². The minimum absolute atomic E-state index is 0.214. The molecule has 0 aliphatic heterocycles. The third-order valence-electron chi connectivity index (χ3n) is 4.13. The van der Waals surface area contributed by atoms with Gasteiger partial charge < -0.3 is 5.32 Å². The molecule has 0 saturated heterocycles. The highest BCUT2D eigenvalue weighted by Crippen LogP contribution is 2.35. The number of pyridine rings is 1. The molecule has 1 aliphatic rings. The molecule has 108 valence electrons. The van der Waals surface area contributed by atoms with Gasteiger partial charge >= 0.3 is 0 Å². The number of hydrogen-bond donors (Lipinski definition) is 1. The molecule has 1 aromatic heterocycles. The number of hydrogen-bond acceptors (Lipinski definition) is 2. The Hall–Kier alpha value is -2.39. The Labute approximate surface area is 132 Å². The third kappa shape index (κ3) is 2.06. The van der Waals surface area contributed by atoms with Crippen molar-refractivity contribution in [3.05, 3.63) is 70.5 Å². The molecule has 4 heteroatoms. The molecule has 4 rings (SSSR count). The molecule has 0 saturated carbocycles. The second kappa shape index (κ2) is 5.11. The lowest BCUT2D eigenvalue weighted by Gasteiger charge is -2.11. The summed E-state index contributed by atoms with van der Waals surface area (Å²) < 4.78 is 0. The Morgan fingerprint density at radius 2 is 1.86 bits per heavy atom. The van der Waals surface area contributed by atoms with Gasteiger partial charge in [0.15, 0.2) is 0 Å². The zero-order chi connectivity index (χ0) is 15.1. The van der Waals surface area contributed by atoms with Gasteiger partial charge in [0.25, 0.3) is 5.91 Å². The summed E-state index contributed by atoms with van der Waals surface area (Å²) in [5.41, 5.74) is 3.89. The number of nitrogens with one attached hydrogen (secondary N) is 1. The lowest BCUT2D eigenvalue weighted by molar-refractivity contribution is 0.102. The Balaban J connectivity index is 1.77. The Morgan fingerprint density at radius 3 is 2.68 bits per heavy atom. The Morgan fingerprint density at radius 1 is 1.05 bits per heavy atom. The zero-order valence-corrected chi connectivity index (χ0v) is 12.5. The molecule has 1 aliphatic carbocycles. The molecule has 1 heterocycles. The maximum atomic E-state index is 12.4. The predicted octanol–water partition coefficient (Wildman–Crippen LogP) is 4.24. The highest BCUT2D eigenvalue weighted by Gasteiger charge is 2.17. The van der Waals surface area contributed by atoms with E-state index in [1.807, 2.05) is 18.2 Å². The molecule has 0 radical (unpaired) electrons. The first kappa shape index (κ1) is 13.3. The summed E-state index contributed by atoms with van der Waals surface area (Å²) in [5, 5.41) is 5.53. The molecule has 1 N–H and O–H groups in total. The second-order valence-corrected chi connectivity index (χ2v) is 5.77. The van der Waals surface area contributed by atoms with Gasteiger partial charge in [0, 0.05) is 17.3 Å². The molecule has 2 aromatic carbocycles. The first-order valence-electron chi connectivity index (χ1n) is 7.19. The van der Waals surface area contributed by atoms with E-state index >= 15 is 0 Å². The van der Waals surface area contributed by atoms with E-state index < -0.39 is 0 Å². The molecule has 0 bridgehead atoms. The van der Waals surface area contributed by atoms with Crippen molar-refractivity contribution in [1.29, 1.82) is 0 Å². The molecule has 0 atom stereocenters. The van der Waals surface area contributed by atoms with Gasteiger partial charge in [0.1, 0.15) is 5.15 Å². The van der Waals surface area contributed by atoms with E-state index in [1.165, 1.54) is 16.5 Å². The summed E-state index contributed by atoms with van der Waals surface area (Å²) in [6.07, 6.45) is 3.70. The fourth-order valence-corrected chi connectivity index (χ4v) is 3.31. The standard InChI is InChI=1S/C18H13ClN2O/c19-17-14(5-2-10-20-17)18(22)21-15-9-8-12-7-6-11-3-1-4-13(15)16(11)12/h1-5,8-10H,6-7H2,(H,21,22). The van der Waals surface area contributed by atoms with Gasteiger partial charge in [-0.05, 0) is 47.6 Å². The zero-order valence-electron chi connectivity index (χ0n) is 11.8. The van der Waals surface area contributed by atoms with Crippen molar-refractivity contribution in [2.75, 3.05) is 5.32 Å². The highest BCUT2D eigenvalue weighted by molar-refractivity contribution is 6.33. The number of halogens is 1. The molecular weight excluding hydrogens is 296 g/mol. The number of nitrogens with zero attached hydrogens (tertiary/aromatic N) is 1. The fourth-order valence-electron chi connectivity index (χ4n) is 3.10. The number of amides is 1. The van der Waals surface area contributed by atoms with Crippen molar-refractivity contribution in [2.45, 2.75) is 12.8 Å². The van der Waals surface area contributed by atoms with Crippen LogP contribution in [0.5, 0.6) is 0 Å². The van der Waals surface area contributed by atoms with Gasteiger partial charge in [-0.2, -0.15) is 0 Å². The van der Waals surface area contributed by atoms with Crippen LogP contribution in [0.4, 0.5) is 5.69 Å². The Kier molecular flexibility index (Phi) is 3.09. The Bertz CT molecular complexity index is 894. The number of benzene rings is 2. The molecule has 0 fully saturated rings. The summed E-state index contributed by atoms with van der Waals surface area (Å²) >= 11 is 5.99. The van der Waals surface area contributed by atoms with Crippen LogP contribution in [-0.4, -0.2) is 10.9 Å². The van der Waals surface area contributed by atoms with E-state index in [4.69, 9.17) is 11.6 Å². The minimum atomic E-state index is -0.239. The van der Waals surface area contributed by atoms with Crippen LogP contribution in [0.1, 0.15) is 21.5 Å². The maximum Gasteiger partial charge on any atom is 0.258 e. The van der Waals surface area contributed by atoms with Crippen molar-refractivity contribution in [3.8, 4) is 0 Å². The van der Waals surface area contributed by atoms with E-state index in [0.29, 0.717) is 5.56 Å². The van der Waals surface area contributed by atoms with Crippen LogP contribution in [0.2, 0.25) is 5.15 Å². The van der Waals surface area contributed by atoms with Crippen LogP contribution in [0.15, 0.2) is 48.7 Å². The molecule has 3 nitrogen and oxygen atoms in total. The number of aromatic nitrogens is 1. The highest BCUT2D eigenvalue weighted by atomic mass is 35.5. The van der Waals surface area contributed by atoms with Gasteiger partial charge in [-0.15, -0.1) is 0 Å². The van der Waals surface area contributed by atoms with Crippen LogP contribution < -0.4 is 5.32 Å². The number of anilines is 1. The van der Waals surface area contributed by atoms with Crippen molar-refractivity contribution < 1.29 is 4.79 Å². The molecule has 0 unspecified atom stereocenters. The lowest BCUT2D eigenvalue weighted by atomic mass is 10.0. The van der Waals surface area contributed by atoms with Crippen LogP contribution in [-0.2, 0) is 12.8 Å². The van der Waals surface area contributed by atoms with Crippen LogP contribution in [0.25, 0.3) is 10.8 Å². The second-order valence-electron chi connectivity index (χ2n) is 5.41. The normalized spacial score (nSPS) is 12.6. The number of rotatable bonds is 2. The SMILES string of the molecule is O=C(Nc1ccc2c3c(cccc13)CC2)c1cccnc1Cl. The molecule has 1 amide bonds. The summed E-state index contributed by atoms with van der Waals surface area (Å²) in [7, 11) is 0. The third-order valence-corrected chi connectivity index (χ3v) is 4.43. The van der Waals surface area contributed by atoms with E-state index in [0.717, 1.165) is 23.9 Å². The summed E-state index contributed by atoms with van der Waals surface area (Å²) in [4.78, 5) is 16.4. The first-order chi connectivity index (χ1) is 10.7. The van der Waals surface area contributed by atoms with Crippen LogP contribution in [0.3, 0.4) is 0 Å². The largest absolute Gasteiger partial charge is 0.321 e. The quantitative estimate of drug-likeness (QED) is 0.719. The molecule has 22 heavy (non-hydrogen) atoms. The lowest BCUT2D eigenvalue weighted by Crippen LogP contribution is -2.13. The average molecular weight is 309 g/mol. The number of carbonyl (C=O) groups is 1. The monoisotopic (exact) mass is 308 g/mol. The smallest absolute Gasteiger partial charge is 0.258 e. The predicted molar refractivity (Wildman–Crippen MR) is 88.6 cm³/mol. The van der Waals surface area contributed by atoms with E-state index in [-0.39, 0.29) is 11.1 Å². The van der Waals surface area contributed by atoms with Gasteiger partial charge in [-0.25, -0.2) is 4.98 Å². The summed E-state index contributed by atoms with van der Waals surface area (Å²) in [5.74, 6) is -0.239. The maximum absolute atomic E-state index is 12.4. The van der Waals surface area contributed by atoms with Crippen molar-refractivity contribution in [2.24, 2.45) is 0 Å². The van der Waals surface area contributed by atoms with Crippen LogP contribution in [0, 0.1) is 0 Å². The van der Waals surface area contributed by atoms with Crippen molar-refractivity contribution in [3.63, 3.8) is 0 Å². The van der Waals surface area contributed by atoms with Crippen molar-refractivity contribution in [1.82, 2.24) is 4.98 Å². The van der Waals surface area contributed by atoms with E-state index in [9.17, 15) is 4.79 Å². The molecule has 0 spiro atoms. The number of carbonyl (C=O) groups excluding carboxylic acids is 1. The van der Waals surface area contributed by atoms with E-state index in [1.54, 1.807) is 18.3 Å². The number of aryl methyl sites for hydroxylation is 2. The minimum Gasteiger partial charge on any atom is -0.321 e. The molecular formula is C18H13ClN2O. The van der Waals surface area contributed by atoms with Crippen LogP contribution >= 0.6 is 11.6 Å². The first-order valence-corrected chi connectivity index (χ1v) is 7.57. The van der Waals surface area contributed by atoms with Gasteiger partial charge in [-0.1, -0.05) is 35.9 Å². The van der Waals surface area contributed by atoms with Gasteiger partial charge in [0.05, 0.1) is 5.56 Å². The van der Waals surface area contributed by atoms with E-state index in [2.05, 4.69) is 22.4 Å². The van der Waals surface area contributed by atoms with Gasteiger partial charge in [0.2, 0.25) is 0 Å². The molecule has 3 aromatic rings. The fraction of sp³-hybridized carbons (Fsp3) is 0.111. The summed E-state index contributed by atoms with van der Waals surface area (Å²) in [6.45, 7) is 0.